The van der Waals surface area contributed by atoms with E-state index in [2.05, 4.69) is 37.2 Å². The number of hydrogen-bond acceptors (Lipinski definition) is 5. The first kappa shape index (κ1) is 29.1. The summed E-state index contributed by atoms with van der Waals surface area (Å²) < 4.78 is 68.1. The van der Waals surface area contributed by atoms with E-state index in [1.165, 1.54) is 40.7 Å². The highest BCUT2D eigenvalue weighted by molar-refractivity contribution is 9.10. The fourth-order valence-electron chi connectivity index (χ4n) is 4.04. The van der Waals surface area contributed by atoms with E-state index in [0.29, 0.717) is 10.2 Å². The van der Waals surface area contributed by atoms with Gasteiger partial charge in [-0.25, -0.2) is 13.2 Å². The van der Waals surface area contributed by atoms with Crippen LogP contribution in [0.3, 0.4) is 0 Å². The van der Waals surface area contributed by atoms with Crippen molar-refractivity contribution in [1.82, 2.24) is 4.31 Å². The van der Waals surface area contributed by atoms with Crippen LogP contribution in [0, 0.1) is 0 Å². The Morgan fingerprint density at radius 2 is 1.62 bits per heavy atom. The summed E-state index contributed by atoms with van der Waals surface area (Å²) >= 11 is 6.41. The number of halogens is 5. The third-order valence-corrected chi connectivity index (χ3v) is 9.43. The molecule has 0 spiro atoms. The number of sulfonamides is 1. The summed E-state index contributed by atoms with van der Waals surface area (Å²) in [5, 5.41) is 11.9. The number of piperazine rings is 1. The summed E-state index contributed by atoms with van der Waals surface area (Å²) in [4.78, 5) is 26.0. The van der Waals surface area contributed by atoms with Crippen LogP contribution in [0.5, 0.6) is 0 Å². The number of hydrogen-bond donors (Lipinski definition) is 2. The van der Waals surface area contributed by atoms with Crippen molar-refractivity contribution in [2.45, 2.75) is 11.1 Å². The van der Waals surface area contributed by atoms with E-state index in [1.54, 1.807) is 17.0 Å². The van der Waals surface area contributed by atoms with Crippen molar-refractivity contribution >= 4 is 65.1 Å². The number of nitrogens with one attached hydrogen (secondary N) is 1. The topological polar surface area (TPSA) is 107 Å². The number of amides is 1. The lowest BCUT2D eigenvalue weighted by molar-refractivity contribution is -0.137. The van der Waals surface area contributed by atoms with Crippen molar-refractivity contribution in [1.29, 1.82) is 0 Å². The normalized spacial score (nSPS) is 14.7. The minimum atomic E-state index is -4.49. The third-order valence-electron chi connectivity index (χ3n) is 6.05. The first-order valence-corrected chi connectivity index (χ1v) is 14.4. The molecule has 4 rings (SSSR count). The monoisotopic (exact) mass is 689 g/mol. The highest BCUT2D eigenvalue weighted by Crippen LogP contribution is 2.33. The van der Waals surface area contributed by atoms with Crippen LogP contribution >= 0.6 is 31.9 Å². The third kappa shape index (κ3) is 6.45. The Labute approximate surface area is 238 Å². The first-order chi connectivity index (χ1) is 18.3. The number of benzene rings is 3. The molecule has 1 heterocycles. The van der Waals surface area contributed by atoms with Crippen LogP contribution < -0.4 is 10.2 Å². The molecular weight excluding hydrogens is 671 g/mol. The van der Waals surface area contributed by atoms with Crippen LogP contribution in [-0.2, 0) is 16.2 Å². The van der Waals surface area contributed by atoms with Gasteiger partial charge in [-0.15, -0.1) is 0 Å². The molecule has 3 aromatic carbocycles. The number of nitrogens with zero attached hydrogens (tertiary/aromatic N) is 2. The number of carbonyl (C=O) groups excluding carboxylic acids is 1. The molecule has 206 valence electrons. The molecule has 39 heavy (non-hydrogen) atoms. The molecule has 8 nitrogen and oxygen atoms in total. The lowest BCUT2D eigenvalue weighted by Gasteiger charge is -2.35. The van der Waals surface area contributed by atoms with E-state index in [-0.39, 0.29) is 52.4 Å². The number of rotatable bonds is 6. The van der Waals surface area contributed by atoms with Gasteiger partial charge < -0.3 is 15.3 Å². The van der Waals surface area contributed by atoms with Crippen LogP contribution in [-0.4, -0.2) is 55.9 Å². The highest BCUT2D eigenvalue weighted by atomic mass is 79.9. The molecule has 0 aliphatic carbocycles. The van der Waals surface area contributed by atoms with Gasteiger partial charge in [0.25, 0.3) is 5.91 Å². The zero-order valence-electron chi connectivity index (χ0n) is 19.9. The fourth-order valence-corrected chi connectivity index (χ4v) is 6.78. The minimum Gasteiger partial charge on any atom is -0.478 e. The molecule has 3 aromatic rings. The number of carboxylic acids is 1. The second kappa shape index (κ2) is 11.3. The SMILES string of the molecule is O=C(Nc1ccc(Br)cc1C(=O)O)c1ccc(Br)c(S(=O)(=O)N2CCN(c3cccc(C(F)(F)F)c3)CC2)c1. The molecule has 2 N–H and O–H groups in total. The van der Waals surface area contributed by atoms with Crippen molar-refractivity contribution in [3.05, 3.63) is 86.3 Å². The Morgan fingerprint density at radius 1 is 0.923 bits per heavy atom. The zero-order chi connectivity index (χ0) is 28.5. The number of aromatic carboxylic acids is 1. The number of carboxylic acid groups (broad SMARTS) is 1. The van der Waals surface area contributed by atoms with Gasteiger partial charge in [-0.05, 0) is 70.5 Å². The summed E-state index contributed by atoms with van der Waals surface area (Å²) in [6.07, 6.45) is -4.49. The van der Waals surface area contributed by atoms with Crippen LogP contribution in [0.15, 0.2) is 74.5 Å². The molecule has 1 amide bonds. The molecule has 0 radical (unpaired) electrons. The summed E-state index contributed by atoms with van der Waals surface area (Å²) in [5.41, 5.74) is -0.572. The average molecular weight is 691 g/mol. The Morgan fingerprint density at radius 3 is 2.26 bits per heavy atom. The van der Waals surface area contributed by atoms with Gasteiger partial charge in [0.15, 0.2) is 0 Å². The predicted octanol–water partition coefficient (Wildman–Crippen LogP) is 5.69. The van der Waals surface area contributed by atoms with Crippen molar-refractivity contribution in [2.75, 3.05) is 36.4 Å². The highest BCUT2D eigenvalue weighted by Gasteiger charge is 2.33. The summed E-state index contributed by atoms with van der Waals surface area (Å²) in [6, 6.07) is 13.1. The second-order valence-corrected chi connectivity index (χ2v) is 12.2. The Kier molecular flexibility index (Phi) is 8.40. The maximum absolute atomic E-state index is 13.5. The lowest BCUT2D eigenvalue weighted by atomic mass is 10.1. The first-order valence-electron chi connectivity index (χ1n) is 11.3. The minimum absolute atomic E-state index is 0.0152. The van der Waals surface area contributed by atoms with Gasteiger partial charge in [0.1, 0.15) is 0 Å². The molecule has 0 saturated carbocycles. The van der Waals surface area contributed by atoms with Crippen LogP contribution in [0.4, 0.5) is 24.5 Å². The number of carbonyl (C=O) groups is 2. The van der Waals surface area contributed by atoms with E-state index in [9.17, 15) is 36.3 Å². The van der Waals surface area contributed by atoms with Crippen molar-refractivity contribution < 1.29 is 36.3 Å². The summed E-state index contributed by atoms with van der Waals surface area (Å²) in [6.45, 7) is 0.365. The lowest BCUT2D eigenvalue weighted by Crippen LogP contribution is -2.48. The van der Waals surface area contributed by atoms with Gasteiger partial charge in [-0.1, -0.05) is 22.0 Å². The molecular formula is C25H20Br2F3N3O5S. The van der Waals surface area contributed by atoms with Crippen LogP contribution in [0.25, 0.3) is 0 Å². The zero-order valence-corrected chi connectivity index (χ0v) is 23.9. The second-order valence-electron chi connectivity index (χ2n) is 8.53. The molecule has 14 heteroatoms. The molecule has 0 unspecified atom stereocenters. The quantitative estimate of drug-likeness (QED) is 0.344. The van der Waals surface area contributed by atoms with E-state index in [0.717, 1.165) is 12.1 Å². The van der Waals surface area contributed by atoms with Gasteiger partial charge in [-0.2, -0.15) is 17.5 Å². The summed E-state index contributed by atoms with van der Waals surface area (Å²) in [5.74, 6) is -1.96. The van der Waals surface area contributed by atoms with E-state index in [4.69, 9.17) is 0 Å². The van der Waals surface area contributed by atoms with E-state index < -0.39 is 33.6 Å². The van der Waals surface area contributed by atoms with Gasteiger partial charge in [-0.3, -0.25) is 4.79 Å². The molecule has 0 bridgehead atoms. The number of anilines is 2. The molecule has 1 aliphatic rings. The Hall–Kier alpha value is -2.94. The predicted molar refractivity (Wildman–Crippen MR) is 146 cm³/mol. The van der Waals surface area contributed by atoms with E-state index in [1.807, 2.05) is 0 Å². The molecule has 1 aliphatic heterocycles. The van der Waals surface area contributed by atoms with Crippen LogP contribution in [0.1, 0.15) is 26.3 Å². The van der Waals surface area contributed by atoms with Gasteiger partial charge >= 0.3 is 12.1 Å². The standard InChI is InChI=1S/C25H20Br2F3N3O5S/c26-17-5-7-21(19(14-17)24(35)36)31-23(34)15-4-6-20(27)22(12-15)39(37,38)33-10-8-32(9-11-33)18-3-1-2-16(13-18)25(28,29)30/h1-7,12-14H,8-11H2,(H,31,34)(H,35,36). The maximum atomic E-state index is 13.5. The molecule has 1 fully saturated rings. The maximum Gasteiger partial charge on any atom is 0.416 e. The average Bonchev–Trinajstić information content (AvgIpc) is 2.89. The largest absolute Gasteiger partial charge is 0.478 e. The number of alkyl halides is 3. The van der Waals surface area contributed by atoms with E-state index >= 15 is 0 Å². The molecule has 1 saturated heterocycles. The van der Waals surface area contributed by atoms with Crippen molar-refractivity contribution in [3.63, 3.8) is 0 Å². The van der Waals surface area contributed by atoms with Crippen molar-refractivity contribution in [2.24, 2.45) is 0 Å². The van der Waals surface area contributed by atoms with Crippen LogP contribution in [0.2, 0.25) is 0 Å². The smallest absolute Gasteiger partial charge is 0.416 e. The van der Waals surface area contributed by atoms with Gasteiger partial charge in [0.05, 0.1) is 21.7 Å². The Balaban J connectivity index is 1.52. The van der Waals surface area contributed by atoms with Gasteiger partial charge in [0.2, 0.25) is 10.0 Å². The summed E-state index contributed by atoms with van der Waals surface area (Å²) in [7, 11) is -4.09. The Bertz CT molecular complexity index is 1540. The van der Waals surface area contributed by atoms with Crippen molar-refractivity contribution in [3.8, 4) is 0 Å². The molecule has 0 atom stereocenters. The van der Waals surface area contributed by atoms with Gasteiger partial charge in [0, 0.05) is 46.4 Å². The molecule has 0 aromatic heterocycles. The fraction of sp³-hybridized carbons (Fsp3) is 0.200.